The van der Waals surface area contributed by atoms with Gasteiger partial charge in [0.25, 0.3) is 0 Å². The fraction of sp³-hybridized carbons (Fsp3) is 0.0189. The molecule has 2 aliphatic carbocycles. The van der Waals surface area contributed by atoms with E-state index < -0.39 is 5.41 Å². The summed E-state index contributed by atoms with van der Waals surface area (Å²) in [5, 5.41) is 15.8. The van der Waals surface area contributed by atoms with Crippen LogP contribution in [0.4, 0.5) is 0 Å². The van der Waals surface area contributed by atoms with Crippen molar-refractivity contribution in [1.82, 2.24) is 0 Å². The van der Waals surface area contributed by atoms with Gasteiger partial charge in [0.2, 0.25) is 0 Å². The number of hydrogen-bond acceptors (Lipinski definition) is 0. The molecule has 0 atom stereocenters. The molecule has 53 heavy (non-hydrogen) atoms. The summed E-state index contributed by atoms with van der Waals surface area (Å²) >= 11 is 0. The van der Waals surface area contributed by atoms with Crippen molar-refractivity contribution in [1.29, 1.82) is 0 Å². The summed E-state index contributed by atoms with van der Waals surface area (Å²) in [6.07, 6.45) is 0. The highest BCUT2D eigenvalue weighted by Crippen LogP contribution is 2.67. The van der Waals surface area contributed by atoms with Crippen molar-refractivity contribution in [3.05, 3.63) is 204 Å². The van der Waals surface area contributed by atoms with Gasteiger partial charge in [0.15, 0.2) is 0 Å². The Morgan fingerprint density at radius 2 is 0.774 bits per heavy atom. The maximum Gasteiger partial charge on any atom is 0.0737 e. The molecule has 11 aromatic carbocycles. The molecule has 13 rings (SSSR count). The van der Waals surface area contributed by atoms with Crippen LogP contribution in [0.1, 0.15) is 22.3 Å². The van der Waals surface area contributed by atoms with Crippen molar-refractivity contribution in [3.8, 4) is 33.4 Å². The van der Waals surface area contributed by atoms with Crippen molar-refractivity contribution in [2.45, 2.75) is 5.41 Å². The first kappa shape index (κ1) is 27.9. The van der Waals surface area contributed by atoms with E-state index in [4.69, 9.17) is 0 Å². The van der Waals surface area contributed by atoms with Gasteiger partial charge < -0.3 is 0 Å². The average molecular weight is 667 g/mol. The summed E-state index contributed by atoms with van der Waals surface area (Å²) in [5.74, 6) is 0. The summed E-state index contributed by atoms with van der Waals surface area (Å²) in [7, 11) is 0. The lowest BCUT2D eigenvalue weighted by atomic mass is 9.68. The molecule has 0 nitrogen and oxygen atoms in total. The minimum atomic E-state index is -0.484. The summed E-state index contributed by atoms with van der Waals surface area (Å²) in [6, 6.07) is 69.1. The first-order valence-electron chi connectivity index (χ1n) is 18.7. The molecule has 0 aliphatic heterocycles. The molecule has 0 unspecified atom stereocenters. The summed E-state index contributed by atoms with van der Waals surface area (Å²) < 4.78 is 0. The van der Waals surface area contributed by atoms with E-state index in [0.717, 1.165) is 0 Å². The normalized spacial score (nSPS) is 13.8. The van der Waals surface area contributed by atoms with Gasteiger partial charge in [-0.1, -0.05) is 176 Å². The Balaban J connectivity index is 1.28. The number of rotatable bonds is 1. The van der Waals surface area contributed by atoms with E-state index in [0.29, 0.717) is 0 Å². The van der Waals surface area contributed by atoms with Crippen LogP contribution in [0.15, 0.2) is 182 Å². The summed E-state index contributed by atoms with van der Waals surface area (Å²) in [5.41, 5.74) is 13.0. The molecule has 0 amide bonds. The van der Waals surface area contributed by atoms with Crippen LogP contribution in [0.5, 0.6) is 0 Å². The van der Waals surface area contributed by atoms with Crippen molar-refractivity contribution in [2.75, 3.05) is 0 Å². The summed E-state index contributed by atoms with van der Waals surface area (Å²) in [4.78, 5) is 0. The van der Waals surface area contributed by atoms with Crippen molar-refractivity contribution >= 4 is 64.6 Å². The fourth-order valence-electron chi connectivity index (χ4n) is 10.9. The largest absolute Gasteiger partial charge is 0.0737 e. The smallest absolute Gasteiger partial charge is 0.0619 e. The third-order valence-electron chi connectivity index (χ3n) is 12.8. The minimum absolute atomic E-state index is 0.484. The molecule has 0 heteroatoms. The zero-order valence-electron chi connectivity index (χ0n) is 28.8. The first-order chi connectivity index (χ1) is 26.3. The predicted octanol–water partition coefficient (Wildman–Crippen LogP) is 14.1. The fourth-order valence-corrected chi connectivity index (χ4v) is 10.9. The highest BCUT2D eigenvalue weighted by molar-refractivity contribution is 6.27. The first-order valence-corrected chi connectivity index (χ1v) is 18.7. The van der Waals surface area contributed by atoms with Gasteiger partial charge in [0.1, 0.15) is 0 Å². The molecule has 0 radical (unpaired) electrons. The van der Waals surface area contributed by atoms with Crippen molar-refractivity contribution < 1.29 is 0 Å². The van der Waals surface area contributed by atoms with E-state index >= 15 is 0 Å². The zero-order chi connectivity index (χ0) is 34.4. The predicted molar refractivity (Wildman–Crippen MR) is 224 cm³/mol. The lowest BCUT2D eigenvalue weighted by Gasteiger charge is -2.33. The highest BCUT2D eigenvalue weighted by atomic mass is 14.5. The number of hydrogen-bond donors (Lipinski definition) is 0. The standard InChI is InChI=1S/C53H30/c1-4-19-40-34(14-1)35-15-2-6-21-43(35)52-50(40)45-30-44(37-28-26-33-25-24-31-12-11-13-32-27-29-41(37)49(33)48(31)32)36-16-3-5-20-42(36)51(45)53(52)46-22-9-7-17-38(46)39-18-8-10-23-47(39)53/h1-30H. The Hall–Kier alpha value is -6.76. The molecule has 0 saturated heterocycles. The molecule has 2 aliphatic rings. The molecule has 242 valence electrons. The Kier molecular flexibility index (Phi) is 5.14. The average Bonchev–Trinajstić information content (AvgIpc) is 3.70. The number of fused-ring (bicyclic) bond motifs is 17. The topological polar surface area (TPSA) is 0 Å². The van der Waals surface area contributed by atoms with Gasteiger partial charge in [-0.15, -0.1) is 0 Å². The van der Waals surface area contributed by atoms with Crippen LogP contribution in [0.3, 0.4) is 0 Å². The lowest BCUT2D eigenvalue weighted by molar-refractivity contribution is 0.809. The number of benzene rings is 11. The van der Waals surface area contributed by atoms with Gasteiger partial charge in [0, 0.05) is 0 Å². The van der Waals surface area contributed by atoms with Gasteiger partial charge in [0.05, 0.1) is 5.41 Å². The highest BCUT2D eigenvalue weighted by Gasteiger charge is 2.54. The quantitative estimate of drug-likeness (QED) is 0.153. The van der Waals surface area contributed by atoms with E-state index in [1.165, 1.54) is 120 Å². The van der Waals surface area contributed by atoms with E-state index in [-0.39, 0.29) is 0 Å². The van der Waals surface area contributed by atoms with Gasteiger partial charge in [-0.2, -0.15) is 0 Å². The van der Waals surface area contributed by atoms with Crippen LogP contribution in [0.25, 0.3) is 98.0 Å². The van der Waals surface area contributed by atoms with Crippen LogP contribution in [-0.2, 0) is 5.41 Å². The molecule has 0 bridgehead atoms. The molecule has 0 heterocycles. The monoisotopic (exact) mass is 666 g/mol. The van der Waals surface area contributed by atoms with Crippen molar-refractivity contribution in [2.24, 2.45) is 0 Å². The van der Waals surface area contributed by atoms with E-state index in [9.17, 15) is 0 Å². The van der Waals surface area contributed by atoms with Crippen LogP contribution >= 0.6 is 0 Å². The van der Waals surface area contributed by atoms with E-state index in [2.05, 4.69) is 182 Å². The Labute approximate surface area is 306 Å². The molecule has 11 aromatic rings. The van der Waals surface area contributed by atoms with Crippen molar-refractivity contribution in [3.63, 3.8) is 0 Å². The van der Waals surface area contributed by atoms with Gasteiger partial charge in [-0.3, -0.25) is 0 Å². The summed E-state index contributed by atoms with van der Waals surface area (Å²) in [6.45, 7) is 0. The molecular weight excluding hydrogens is 637 g/mol. The van der Waals surface area contributed by atoms with Gasteiger partial charge >= 0.3 is 0 Å². The Morgan fingerprint density at radius 1 is 0.264 bits per heavy atom. The van der Waals surface area contributed by atoms with Crippen LogP contribution in [-0.4, -0.2) is 0 Å². The third kappa shape index (κ3) is 3.25. The second-order valence-corrected chi connectivity index (χ2v) is 15.0. The Morgan fingerprint density at radius 3 is 1.47 bits per heavy atom. The van der Waals surface area contributed by atoms with Crippen LogP contribution in [0, 0.1) is 0 Å². The van der Waals surface area contributed by atoms with Gasteiger partial charge in [-0.05, 0) is 126 Å². The maximum atomic E-state index is 2.57. The second kappa shape index (κ2) is 9.76. The Bertz CT molecular complexity index is 3340. The molecule has 1 spiro atoms. The molecular formula is C53H30. The van der Waals surface area contributed by atoms with Crippen LogP contribution < -0.4 is 0 Å². The third-order valence-corrected chi connectivity index (χ3v) is 12.8. The van der Waals surface area contributed by atoms with E-state index in [1.807, 2.05) is 0 Å². The molecule has 0 N–H and O–H groups in total. The maximum absolute atomic E-state index is 2.57. The molecule has 0 saturated carbocycles. The SMILES string of the molecule is c1ccc2c(c1)-c1ccccc1C21c2c(cc(-c3ccc4ccc5cccc6ccc3c4c56)c3ccccc23)-c2c1c1ccccc1c1ccccc21. The van der Waals surface area contributed by atoms with E-state index in [1.54, 1.807) is 0 Å². The second-order valence-electron chi connectivity index (χ2n) is 15.0. The lowest BCUT2D eigenvalue weighted by Crippen LogP contribution is -2.26. The van der Waals surface area contributed by atoms with Gasteiger partial charge in [-0.25, -0.2) is 0 Å². The molecule has 0 aromatic heterocycles. The minimum Gasteiger partial charge on any atom is -0.0619 e. The van der Waals surface area contributed by atoms with Crippen LogP contribution in [0.2, 0.25) is 0 Å². The molecule has 0 fully saturated rings. The zero-order valence-corrected chi connectivity index (χ0v) is 28.8.